The van der Waals surface area contributed by atoms with E-state index in [2.05, 4.69) is 32.9 Å². The lowest BCUT2D eigenvalue weighted by molar-refractivity contribution is 0.240. The minimum atomic E-state index is 0.0951. The molecule has 158 valence electrons. The van der Waals surface area contributed by atoms with Gasteiger partial charge in [-0.3, -0.25) is 0 Å². The van der Waals surface area contributed by atoms with E-state index in [4.69, 9.17) is 9.73 Å². The lowest BCUT2D eigenvalue weighted by Gasteiger charge is -2.18. The van der Waals surface area contributed by atoms with Crippen LogP contribution in [0.3, 0.4) is 0 Å². The number of hydrogen-bond donors (Lipinski definition) is 0. The van der Waals surface area contributed by atoms with E-state index < -0.39 is 0 Å². The lowest BCUT2D eigenvalue weighted by Crippen LogP contribution is -2.25. The molecule has 0 aromatic carbocycles. The Balaban J connectivity index is 1.85. The second-order valence-corrected chi connectivity index (χ2v) is 8.41. The molecule has 0 radical (unpaired) electrons. The van der Waals surface area contributed by atoms with Gasteiger partial charge in [0.15, 0.2) is 5.90 Å². The first-order chi connectivity index (χ1) is 13.3. The Hall–Kier alpha value is -0.790. The third-order valence-corrected chi connectivity index (χ3v) is 6.09. The highest BCUT2D eigenvalue weighted by Gasteiger charge is 2.32. The van der Waals surface area contributed by atoms with Crippen LogP contribution in [0.1, 0.15) is 130 Å². The highest BCUT2D eigenvalue weighted by molar-refractivity contribution is 5.78. The third kappa shape index (κ3) is 11.6. The largest absolute Gasteiger partial charge is 0.478 e. The lowest BCUT2D eigenvalue weighted by atomic mass is 9.96. The molecule has 27 heavy (non-hydrogen) atoms. The topological polar surface area (TPSA) is 21.6 Å². The van der Waals surface area contributed by atoms with Crippen molar-refractivity contribution in [2.24, 2.45) is 4.99 Å². The Kier molecular flexibility index (Phi) is 14.5. The van der Waals surface area contributed by atoms with E-state index in [0.717, 1.165) is 31.8 Å². The van der Waals surface area contributed by atoms with Crippen LogP contribution in [0.4, 0.5) is 0 Å². The van der Waals surface area contributed by atoms with Crippen molar-refractivity contribution in [2.45, 2.75) is 135 Å². The van der Waals surface area contributed by atoms with Crippen molar-refractivity contribution >= 4 is 5.90 Å². The average Bonchev–Trinajstić information content (AvgIpc) is 3.12. The maximum absolute atomic E-state index is 5.82. The summed E-state index contributed by atoms with van der Waals surface area (Å²) in [5.74, 6) is 1.02. The summed E-state index contributed by atoms with van der Waals surface area (Å²) in [4.78, 5) is 4.85. The van der Waals surface area contributed by atoms with Gasteiger partial charge in [-0.05, 0) is 44.9 Å². The van der Waals surface area contributed by atoms with E-state index in [1.54, 1.807) is 0 Å². The van der Waals surface area contributed by atoms with Crippen molar-refractivity contribution in [3.63, 3.8) is 0 Å². The summed E-state index contributed by atoms with van der Waals surface area (Å²) >= 11 is 0. The van der Waals surface area contributed by atoms with Gasteiger partial charge in [0.05, 0.1) is 5.54 Å². The van der Waals surface area contributed by atoms with Crippen LogP contribution >= 0.6 is 0 Å². The molecule has 0 fully saturated rings. The van der Waals surface area contributed by atoms with Crippen LogP contribution in [0, 0.1) is 0 Å². The summed E-state index contributed by atoms with van der Waals surface area (Å²) in [6, 6.07) is 0. The molecular formula is C25H47NO. The molecule has 0 N–H and O–H groups in total. The molecule has 0 spiro atoms. The van der Waals surface area contributed by atoms with Gasteiger partial charge >= 0.3 is 0 Å². The molecule has 0 atom stereocenters. The minimum Gasteiger partial charge on any atom is -0.478 e. The Morgan fingerprint density at radius 1 is 0.741 bits per heavy atom. The van der Waals surface area contributed by atoms with Gasteiger partial charge in [0.2, 0.25) is 0 Å². The molecule has 2 heteroatoms. The Morgan fingerprint density at radius 3 is 1.78 bits per heavy atom. The summed E-state index contributed by atoms with van der Waals surface area (Å²) in [6.07, 6.45) is 27.1. The Morgan fingerprint density at radius 2 is 1.26 bits per heavy atom. The summed E-state index contributed by atoms with van der Waals surface area (Å²) in [7, 11) is 0. The quantitative estimate of drug-likeness (QED) is 0.173. The molecule has 0 amide bonds. The van der Waals surface area contributed by atoms with Crippen LogP contribution in [-0.4, -0.2) is 18.0 Å². The monoisotopic (exact) mass is 377 g/mol. The van der Waals surface area contributed by atoms with Crippen LogP contribution in [0.5, 0.6) is 0 Å². The van der Waals surface area contributed by atoms with E-state index >= 15 is 0 Å². The van der Waals surface area contributed by atoms with E-state index in [1.165, 1.54) is 89.9 Å². The second kappa shape index (κ2) is 16.2. The molecule has 1 aliphatic heterocycles. The molecule has 0 saturated carbocycles. The van der Waals surface area contributed by atoms with Crippen LogP contribution in [0.25, 0.3) is 0 Å². The van der Waals surface area contributed by atoms with Crippen molar-refractivity contribution in [1.29, 1.82) is 0 Å². The molecule has 0 aromatic heterocycles. The molecular weight excluding hydrogens is 330 g/mol. The number of nitrogens with zero attached hydrogens (tertiary/aromatic N) is 1. The number of unbranched alkanes of at least 4 members (excludes halogenated alkanes) is 12. The Labute approximate surface area is 170 Å². The van der Waals surface area contributed by atoms with Gasteiger partial charge in [-0.1, -0.05) is 90.7 Å². The third-order valence-electron chi connectivity index (χ3n) is 6.09. The first-order valence-electron chi connectivity index (χ1n) is 12.1. The first-order valence-corrected chi connectivity index (χ1v) is 12.1. The SMILES string of the molecule is CCCCCCCC/C=C\CCCCCCCCC1=NC(CC)(CC)CO1. The van der Waals surface area contributed by atoms with E-state index in [1.807, 2.05) is 0 Å². The van der Waals surface area contributed by atoms with Gasteiger partial charge in [-0.2, -0.15) is 0 Å². The van der Waals surface area contributed by atoms with Crippen molar-refractivity contribution in [3.8, 4) is 0 Å². The number of hydrogen-bond acceptors (Lipinski definition) is 2. The van der Waals surface area contributed by atoms with Crippen molar-refractivity contribution in [2.75, 3.05) is 6.61 Å². The number of aliphatic imine (C=N–C) groups is 1. The van der Waals surface area contributed by atoms with Gasteiger partial charge in [0, 0.05) is 6.42 Å². The molecule has 1 aliphatic rings. The number of ether oxygens (including phenoxy) is 1. The fourth-order valence-electron chi connectivity index (χ4n) is 3.81. The normalized spacial score (nSPS) is 16.0. The summed E-state index contributed by atoms with van der Waals surface area (Å²) in [5.41, 5.74) is 0.0951. The summed E-state index contributed by atoms with van der Waals surface area (Å²) in [5, 5.41) is 0. The van der Waals surface area contributed by atoms with Crippen LogP contribution in [-0.2, 0) is 4.74 Å². The Bertz CT molecular complexity index is 395. The average molecular weight is 378 g/mol. The van der Waals surface area contributed by atoms with Crippen LogP contribution in [0.15, 0.2) is 17.1 Å². The molecule has 1 heterocycles. The predicted molar refractivity (Wildman–Crippen MR) is 121 cm³/mol. The highest BCUT2D eigenvalue weighted by Crippen LogP contribution is 2.27. The second-order valence-electron chi connectivity index (χ2n) is 8.41. The smallest absolute Gasteiger partial charge is 0.183 e. The molecule has 2 nitrogen and oxygen atoms in total. The number of rotatable bonds is 18. The predicted octanol–water partition coefficient (Wildman–Crippen LogP) is 8.40. The zero-order chi connectivity index (χ0) is 19.6. The van der Waals surface area contributed by atoms with E-state index in [-0.39, 0.29) is 5.54 Å². The van der Waals surface area contributed by atoms with Gasteiger partial charge in [0.25, 0.3) is 0 Å². The standard InChI is InChI=1S/C25H47NO/c1-4-7-8-9-10-11-12-13-14-15-16-17-18-19-20-21-22-24-26-25(5-2,6-3)23-27-24/h13-14H,4-12,15-23H2,1-3H3/b14-13-. The van der Waals surface area contributed by atoms with Crippen molar-refractivity contribution in [3.05, 3.63) is 12.2 Å². The van der Waals surface area contributed by atoms with E-state index in [9.17, 15) is 0 Å². The fraction of sp³-hybridized carbons (Fsp3) is 0.880. The highest BCUT2D eigenvalue weighted by atomic mass is 16.5. The number of allylic oxidation sites excluding steroid dienone is 2. The molecule has 0 bridgehead atoms. The van der Waals surface area contributed by atoms with Gasteiger partial charge < -0.3 is 4.74 Å². The fourth-order valence-corrected chi connectivity index (χ4v) is 3.81. The first kappa shape index (κ1) is 24.2. The maximum Gasteiger partial charge on any atom is 0.183 e. The van der Waals surface area contributed by atoms with Crippen LogP contribution < -0.4 is 0 Å². The zero-order valence-corrected chi connectivity index (χ0v) is 18.7. The molecule has 0 aromatic rings. The molecule has 0 aliphatic carbocycles. The van der Waals surface area contributed by atoms with Crippen LogP contribution in [0.2, 0.25) is 0 Å². The van der Waals surface area contributed by atoms with Gasteiger partial charge in [0.1, 0.15) is 6.61 Å². The summed E-state index contributed by atoms with van der Waals surface area (Å²) < 4.78 is 5.82. The zero-order valence-electron chi connectivity index (χ0n) is 18.7. The molecule has 1 rings (SSSR count). The van der Waals surface area contributed by atoms with Crippen molar-refractivity contribution in [1.82, 2.24) is 0 Å². The minimum absolute atomic E-state index is 0.0951. The van der Waals surface area contributed by atoms with E-state index in [0.29, 0.717) is 0 Å². The molecule has 0 unspecified atom stereocenters. The van der Waals surface area contributed by atoms with Gasteiger partial charge in [-0.25, -0.2) is 4.99 Å². The van der Waals surface area contributed by atoms with Gasteiger partial charge in [-0.15, -0.1) is 0 Å². The molecule has 0 saturated heterocycles. The van der Waals surface area contributed by atoms with Crippen molar-refractivity contribution < 1.29 is 4.74 Å². The maximum atomic E-state index is 5.82. The summed E-state index contributed by atoms with van der Waals surface area (Å²) in [6.45, 7) is 7.54.